The van der Waals surface area contributed by atoms with Gasteiger partial charge in [0.2, 0.25) is 0 Å². The van der Waals surface area contributed by atoms with Crippen molar-refractivity contribution in [1.82, 2.24) is 0 Å². The Morgan fingerprint density at radius 3 is 1.02 bits per heavy atom. The van der Waals surface area contributed by atoms with Gasteiger partial charge in [0, 0.05) is 12.8 Å². The maximum Gasteiger partial charge on any atom is 0.361 e. The molecule has 0 saturated heterocycles. The molecule has 9 heteroatoms. The van der Waals surface area contributed by atoms with Crippen molar-refractivity contribution in [3.8, 4) is 0 Å². The molecule has 0 fully saturated rings. The number of carbonyl (C=O) groups excluding carboxylic acids is 2. The number of esters is 2. The molecule has 0 aliphatic carbocycles. The van der Waals surface area contributed by atoms with Gasteiger partial charge in [0.05, 0.1) is 34.4 Å². The number of quaternary nitrogens is 1. The predicted molar refractivity (Wildman–Crippen MR) is 355 cm³/mol. The third-order valence-corrected chi connectivity index (χ3v) is 16.1. The van der Waals surface area contributed by atoms with Gasteiger partial charge in [0.1, 0.15) is 13.2 Å². The number of hydrogen-bond donors (Lipinski definition) is 1. The second-order valence-corrected chi connectivity index (χ2v) is 25.5. The van der Waals surface area contributed by atoms with Crippen LogP contribution >= 0.6 is 0 Å². The lowest BCUT2D eigenvalue weighted by Crippen LogP contribution is -2.40. The van der Waals surface area contributed by atoms with E-state index in [0.717, 1.165) is 64.2 Å². The van der Waals surface area contributed by atoms with Crippen LogP contribution in [0, 0.1) is 0 Å². The molecule has 0 saturated carbocycles. The van der Waals surface area contributed by atoms with Crippen molar-refractivity contribution in [3.63, 3.8) is 0 Å². The fourth-order valence-electron chi connectivity index (χ4n) is 10.7. The van der Waals surface area contributed by atoms with Crippen LogP contribution in [-0.2, 0) is 33.3 Å². The zero-order valence-corrected chi connectivity index (χ0v) is 55.6. The van der Waals surface area contributed by atoms with E-state index in [4.69, 9.17) is 18.9 Å². The highest BCUT2D eigenvalue weighted by Gasteiger charge is 2.25. The molecule has 0 aliphatic heterocycles. The molecule has 9 nitrogen and oxygen atoms in total. The van der Waals surface area contributed by atoms with Crippen molar-refractivity contribution in [2.75, 3.05) is 47.5 Å². The normalized spacial score (nSPS) is 12.9. The average Bonchev–Trinajstić information content (AvgIpc) is 3.46. The summed E-state index contributed by atoms with van der Waals surface area (Å²) in [6, 6.07) is 0. The molecule has 1 N–H and O–H groups in total. The molecular weight excluding hydrogens is 1030 g/mol. The molecule has 0 rings (SSSR count). The van der Waals surface area contributed by atoms with Crippen LogP contribution in [0.1, 0.15) is 348 Å². The Bertz CT molecular complexity index is 1500. The summed E-state index contributed by atoms with van der Waals surface area (Å²) in [5.41, 5.74) is 0. The van der Waals surface area contributed by atoms with Gasteiger partial charge in [0.25, 0.3) is 6.29 Å². The summed E-state index contributed by atoms with van der Waals surface area (Å²) in [5, 5.41) is 9.75. The van der Waals surface area contributed by atoms with Crippen LogP contribution in [0.4, 0.5) is 0 Å². The number of carboxylic acids is 1. The number of likely N-dealkylation sites (N-methyl/N-ethyl adjacent to an activating group) is 1. The number of carbonyl (C=O) groups is 3. The smallest absolute Gasteiger partial charge is 0.361 e. The molecule has 2 atom stereocenters. The first-order chi connectivity index (χ1) is 40.6. The fraction of sp³-hybridized carbons (Fsp3) is 0.851. The van der Waals surface area contributed by atoms with Gasteiger partial charge in [-0.3, -0.25) is 9.59 Å². The highest BCUT2D eigenvalue weighted by atomic mass is 16.7. The summed E-state index contributed by atoms with van der Waals surface area (Å²) in [7, 11) is 5.99. The summed E-state index contributed by atoms with van der Waals surface area (Å²) in [5.74, 6) is -1.98. The van der Waals surface area contributed by atoms with E-state index in [2.05, 4.69) is 62.5 Å². The van der Waals surface area contributed by atoms with Crippen LogP contribution in [-0.4, -0.2) is 87.4 Å². The Labute approximate surface area is 514 Å². The second-order valence-electron chi connectivity index (χ2n) is 25.5. The quantitative estimate of drug-likeness (QED) is 0.0211. The molecule has 0 aliphatic rings. The third kappa shape index (κ3) is 66.6. The highest BCUT2D eigenvalue weighted by Crippen LogP contribution is 2.19. The maximum absolute atomic E-state index is 13.0. The van der Waals surface area contributed by atoms with E-state index >= 15 is 0 Å². The molecule has 83 heavy (non-hydrogen) atoms. The molecule has 0 heterocycles. The molecule has 0 aromatic rings. The van der Waals surface area contributed by atoms with E-state index < -0.39 is 18.4 Å². The standard InChI is InChI=1S/C74H137NO8/c1-6-8-10-12-14-16-18-20-22-24-26-28-30-32-34-35-36-37-39-41-43-45-47-49-51-53-55-57-59-61-63-65-72(77)83-70(69-82-74(73(78)79)80-67-66-75(3,4)5)68-81-71(76)64-62-60-58-56-54-52-50-48-46-44-42-40-38-33-31-29-27-25-23-21-19-17-15-13-11-9-7-2/h8,10,14,16,20,22,26,28,70,74H,6-7,9,11-13,15,17-19,21,23-25,27,29-69H2,1-5H3/p+1/b10-8-,16-14-,22-20-,28-26-. The first-order valence-corrected chi connectivity index (χ1v) is 35.8. The van der Waals surface area contributed by atoms with Crippen molar-refractivity contribution in [2.45, 2.75) is 360 Å². The lowest BCUT2D eigenvalue weighted by molar-refractivity contribution is -0.870. The number of unbranched alkanes of at least 4 members (excludes halogenated alkanes) is 44. The van der Waals surface area contributed by atoms with Crippen LogP contribution in [0.3, 0.4) is 0 Å². The van der Waals surface area contributed by atoms with Crippen molar-refractivity contribution in [1.29, 1.82) is 0 Å². The molecule has 0 radical (unpaired) electrons. The topological polar surface area (TPSA) is 108 Å². The Kier molecular flexibility index (Phi) is 63.1. The minimum atomic E-state index is -1.51. The SMILES string of the molecule is CC/C=C\C/C=C\C/C=C\C/C=C\CCCCCCCCCCCCCCCCCCCCC(=O)OC(COC(=O)CCCCCCCCCCCCCCCCCCCCCCCCCCCCC)COC(OCC[N+](C)(C)C)C(=O)O. The molecular formula is C74H138NO8+. The van der Waals surface area contributed by atoms with E-state index in [-0.39, 0.29) is 38.2 Å². The number of carboxylic acid groups (broad SMARTS) is 1. The van der Waals surface area contributed by atoms with E-state index in [1.54, 1.807) is 0 Å². The van der Waals surface area contributed by atoms with Crippen molar-refractivity contribution >= 4 is 17.9 Å². The Morgan fingerprint density at radius 2 is 0.687 bits per heavy atom. The van der Waals surface area contributed by atoms with E-state index in [0.29, 0.717) is 17.4 Å². The fourth-order valence-corrected chi connectivity index (χ4v) is 10.7. The third-order valence-electron chi connectivity index (χ3n) is 16.1. The monoisotopic (exact) mass is 1170 g/mol. The van der Waals surface area contributed by atoms with Gasteiger partial charge in [-0.2, -0.15) is 0 Å². The molecule has 486 valence electrons. The van der Waals surface area contributed by atoms with Crippen LogP contribution in [0.5, 0.6) is 0 Å². The molecule has 0 aromatic carbocycles. The Morgan fingerprint density at radius 1 is 0.373 bits per heavy atom. The van der Waals surface area contributed by atoms with Crippen molar-refractivity contribution < 1.29 is 42.9 Å². The van der Waals surface area contributed by atoms with Crippen LogP contribution < -0.4 is 0 Å². The van der Waals surface area contributed by atoms with E-state index in [1.807, 2.05) is 21.1 Å². The minimum Gasteiger partial charge on any atom is -0.477 e. The number of aliphatic carboxylic acids is 1. The van der Waals surface area contributed by atoms with Gasteiger partial charge in [-0.25, -0.2) is 4.79 Å². The number of rotatable bonds is 67. The van der Waals surface area contributed by atoms with Gasteiger partial charge < -0.3 is 28.5 Å². The number of allylic oxidation sites excluding steroid dienone is 8. The summed E-state index contributed by atoms with van der Waals surface area (Å²) in [4.78, 5) is 37.6. The van der Waals surface area contributed by atoms with Gasteiger partial charge >= 0.3 is 17.9 Å². The minimum absolute atomic E-state index is 0.176. The molecule has 2 unspecified atom stereocenters. The van der Waals surface area contributed by atoms with Gasteiger partial charge in [-0.15, -0.1) is 0 Å². The predicted octanol–water partition coefficient (Wildman–Crippen LogP) is 22.1. The first-order valence-electron chi connectivity index (χ1n) is 35.8. The van der Waals surface area contributed by atoms with E-state index in [1.165, 1.54) is 257 Å². The average molecular weight is 1170 g/mol. The van der Waals surface area contributed by atoms with Crippen LogP contribution in [0.25, 0.3) is 0 Å². The van der Waals surface area contributed by atoms with Crippen molar-refractivity contribution in [3.05, 3.63) is 48.6 Å². The van der Waals surface area contributed by atoms with Crippen LogP contribution in [0.2, 0.25) is 0 Å². The molecule has 0 aromatic heterocycles. The lowest BCUT2D eigenvalue weighted by atomic mass is 10.0. The number of nitrogens with zero attached hydrogens (tertiary/aromatic N) is 1. The largest absolute Gasteiger partial charge is 0.477 e. The van der Waals surface area contributed by atoms with E-state index in [9.17, 15) is 19.5 Å². The van der Waals surface area contributed by atoms with Crippen LogP contribution in [0.15, 0.2) is 48.6 Å². The summed E-state index contributed by atoms with van der Waals surface area (Å²) < 4.78 is 23.0. The highest BCUT2D eigenvalue weighted by molar-refractivity contribution is 5.71. The zero-order valence-electron chi connectivity index (χ0n) is 55.6. The van der Waals surface area contributed by atoms with Gasteiger partial charge in [-0.05, 0) is 51.4 Å². The summed E-state index contributed by atoms with van der Waals surface area (Å²) in [6.07, 6.45) is 80.9. The lowest BCUT2D eigenvalue weighted by Gasteiger charge is -2.25. The maximum atomic E-state index is 13.0. The molecule has 0 bridgehead atoms. The molecule has 0 amide bonds. The number of hydrogen-bond acceptors (Lipinski definition) is 7. The Balaban J connectivity index is 4.05. The molecule has 0 spiro atoms. The summed E-state index contributed by atoms with van der Waals surface area (Å²) in [6.45, 7) is 4.83. The van der Waals surface area contributed by atoms with Gasteiger partial charge in [-0.1, -0.05) is 332 Å². The van der Waals surface area contributed by atoms with Gasteiger partial charge in [0.15, 0.2) is 6.10 Å². The first kappa shape index (κ1) is 80.2. The van der Waals surface area contributed by atoms with Crippen molar-refractivity contribution in [2.24, 2.45) is 0 Å². The Hall–Kier alpha value is -2.75. The number of ether oxygens (including phenoxy) is 4. The summed E-state index contributed by atoms with van der Waals surface area (Å²) >= 11 is 0. The zero-order chi connectivity index (χ0) is 60.5. The second kappa shape index (κ2) is 65.2.